The average molecular weight is 391 g/mol. The van der Waals surface area contributed by atoms with Gasteiger partial charge in [0.25, 0.3) is 0 Å². The van der Waals surface area contributed by atoms with Crippen LogP contribution in [0.25, 0.3) is 0 Å². The molecule has 0 aromatic heterocycles. The number of alkyl halides is 1. The van der Waals surface area contributed by atoms with Gasteiger partial charge in [-0.25, -0.2) is 0 Å². The molecule has 0 rings (SSSR count). The summed E-state index contributed by atoms with van der Waals surface area (Å²) in [6, 6.07) is 0. The van der Waals surface area contributed by atoms with Gasteiger partial charge in [-0.1, -0.05) is 113 Å². The Morgan fingerprint density at radius 1 is 0.696 bits per heavy atom. The summed E-state index contributed by atoms with van der Waals surface area (Å²) in [4.78, 5) is 11.3. The monoisotopic (exact) mass is 390 g/mol. The molecule has 0 amide bonds. The molecule has 138 valence electrons. The predicted molar refractivity (Wildman–Crippen MR) is 104 cm³/mol. The zero-order valence-corrected chi connectivity index (χ0v) is 17.0. The van der Waals surface area contributed by atoms with E-state index in [1.807, 2.05) is 0 Å². The van der Waals surface area contributed by atoms with Crippen molar-refractivity contribution in [3.05, 3.63) is 0 Å². The quantitative estimate of drug-likeness (QED) is 0.140. The molecular formula is C20H39BrO2. The summed E-state index contributed by atoms with van der Waals surface area (Å²) in [7, 11) is 0. The summed E-state index contributed by atoms with van der Waals surface area (Å²) in [5.74, 6) is -0.0425. The van der Waals surface area contributed by atoms with Gasteiger partial charge in [-0.15, -0.1) is 0 Å². The van der Waals surface area contributed by atoms with Crippen molar-refractivity contribution >= 4 is 21.9 Å². The molecule has 0 aromatic carbocycles. The van der Waals surface area contributed by atoms with Crippen LogP contribution >= 0.6 is 15.9 Å². The molecule has 0 saturated heterocycles. The number of hydrogen-bond acceptors (Lipinski definition) is 2. The van der Waals surface area contributed by atoms with Crippen molar-refractivity contribution < 1.29 is 9.53 Å². The fraction of sp³-hybridized carbons (Fsp3) is 0.950. The van der Waals surface area contributed by atoms with E-state index in [1.165, 1.54) is 89.9 Å². The van der Waals surface area contributed by atoms with E-state index in [2.05, 4.69) is 22.9 Å². The van der Waals surface area contributed by atoms with E-state index in [1.54, 1.807) is 0 Å². The van der Waals surface area contributed by atoms with Gasteiger partial charge in [-0.2, -0.15) is 0 Å². The van der Waals surface area contributed by atoms with Crippen LogP contribution in [-0.4, -0.2) is 17.9 Å². The van der Waals surface area contributed by atoms with Crippen molar-refractivity contribution in [3.8, 4) is 0 Å². The van der Waals surface area contributed by atoms with E-state index in [9.17, 15) is 4.79 Å². The summed E-state index contributed by atoms with van der Waals surface area (Å²) in [5, 5.41) is 0.734. The van der Waals surface area contributed by atoms with Gasteiger partial charge in [-0.3, -0.25) is 4.79 Å². The van der Waals surface area contributed by atoms with Crippen molar-refractivity contribution in [2.45, 2.75) is 110 Å². The van der Waals surface area contributed by atoms with Gasteiger partial charge in [0.15, 0.2) is 0 Å². The third kappa shape index (κ3) is 19.9. The van der Waals surface area contributed by atoms with Crippen molar-refractivity contribution in [3.63, 3.8) is 0 Å². The fourth-order valence-corrected chi connectivity index (χ4v) is 3.03. The van der Waals surface area contributed by atoms with E-state index in [0.717, 1.165) is 11.8 Å². The molecule has 0 aliphatic heterocycles. The molecule has 23 heavy (non-hydrogen) atoms. The maximum Gasteiger partial charge on any atom is 0.305 e. The molecule has 0 heterocycles. The number of carbonyl (C=O) groups excluding carboxylic acids is 1. The Bertz CT molecular complexity index is 244. The number of rotatable bonds is 18. The number of esters is 1. The Balaban J connectivity index is 3.04. The highest BCUT2D eigenvalue weighted by Crippen LogP contribution is 2.13. The zero-order chi connectivity index (χ0) is 17.0. The van der Waals surface area contributed by atoms with Gasteiger partial charge < -0.3 is 4.74 Å². The molecule has 0 aromatic rings. The lowest BCUT2D eigenvalue weighted by Crippen LogP contribution is -2.05. The summed E-state index contributed by atoms with van der Waals surface area (Å²) >= 11 is 3.25. The summed E-state index contributed by atoms with van der Waals surface area (Å²) in [6.07, 6.45) is 20.9. The highest BCUT2D eigenvalue weighted by atomic mass is 79.9. The summed E-state index contributed by atoms with van der Waals surface area (Å²) in [6.45, 7) is 2.78. The topological polar surface area (TPSA) is 26.3 Å². The van der Waals surface area contributed by atoms with Crippen LogP contribution in [0.3, 0.4) is 0 Å². The van der Waals surface area contributed by atoms with Crippen LogP contribution in [0.1, 0.15) is 110 Å². The van der Waals surface area contributed by atoms with Crippen molar-refractivity contribution in [2.75, 3.05) is 11.9 Å². The molecule has 0 saturated carbocycles. The molecule has 2 nitrogen and oxygen atoms in total. The number of ether oxygens (including phenoxy) is 1. The maximum absolute atomic E-state index is 11.3. The largest absolute Gasteiger partial charge is 0.465 e. The van der Waals surface area contributed by atoms with Gasteiger partial charge >= 0.3 is 5.97 Å². The second kappa shape index (κ2) is 20.0. The SMILES string of the molecule is CCCCCCCCCCCCCCCCCC(=O)OCCBr. The summed E-state index contributed by atoms with van der Waals surface area (Å²) < 4.78 is 5.02. The molecule has 0 atom stereocenters. The van der Waals surface area contributed by atoms with Crippen LogP contribution in [0.4, 0.5) is 0 Å². The van der Waals surface area contributed by atoms with Crippen LogP contribution in [0.2, 0.25) is 0 Å². The standard InChI is InChI=1S/C20H39BrO2/c1-2-3-4-5-6-7-8-9-10-11-12-13-14-15-16-17-20(22)23-19-18-21/h2-19H2,1H3. The molecule has 0 bridgehead atoms. The van der Waals surface area contributed by atoms with E-state index in [4.69, 9.17) is 4.74 Å². The second-order valence-electron chi connectivity index (χ2n) is 6.61. The third-order valence-corrected chi connectivity index (χ3v) is 4.65. The smallest absolute Gasteiger partial charge is 0.305 e. The highest BCUT2D eigenvalue weighted by molar-refractivity contribution is 9.09. The molecular weight excluding hydrogens is 352 g/mol. The molecule has 0 radical (unpaired) electrons. The molecule has 0 spiro atoms. The Kier molecular flexibility index (Phi) is 20.0. The van der Waals surface area contributed by atoms with Crippen LogP contribution in [0, 0.1) is 0 Å². The van der Waals surface area contributed by atoms with Gasteiger partial charge in [0.1, 0.15) is 6.61 Å². The molecule has 0 aliphatic rings. The van der Waals surface area contributed by atoms with E-state index in [0.29, 0.717) is 13.0 Å². The lowest BCUT2D eigenvalue weighted by Gasteiger charge is -2.04. The first-order valence-corrected chi connectivity index (χ1v) is 11.1. The van der Waals surface area contributed by atoms with E-state index in [-0.39, 0.29) is 5.97 Å². The van der Waals surface area contributed by atoms with Crippen molar-refractivity contribution in [2.24, 2.45) is 0 Å². The summed E-state index contributed by atoms with van der Waals surface area (Å²) in [5.41, 5.74) is 0. The number of unbranched alkanes of at least 4 members (excludes halogenated alkanes) is 14. The third-order valence-electron chi connectivity index (χ3n) is 4.32. The Labute approximate surface area is 153 Å². The van der Waals surface area contributed by atoms with Gasteiger partial charge in [-0.05, 0) is 6.42 Å². The van der Waals surface area contributed by atoms with Gasteiger partial charge in [0.05, 0.1) is 0 Å². The molecule has 0 fully saturated rings. The fourth-order valence-electron chi connectivity index (χ4n) is 2.87. The van der Waals surface area contributed by atoms with Crippen LogP contribution < -0.4 is 0 Å². The van der Waals surface area contributed by atoms with Crippen LogP contribution in [0.15, 0.2) is 0 Å². The van der Waals surface area contributed by atoms with Crippen LogP contribution in [0.5, 0.6) is 0 Å². The Morgan fingerprint density at radius 3 is 1.48 bits per heavy atom. The lowest BCUT2D eigenvalue weighted by atomic mass is 10.0. The van der Waals surface area contributed by atoms with Gasteiger partial charge in [0, 0.05) is 11.8 Å². The molecule has 0 N–H and O–H groups in total. The van der Waals surface area contributed by atoms with Crippen molar-refractivity contribution in [1.29, 1.82) is 0 Å². The minimum Gasteiger partial charge on any atom is -0.465 e. The predicted octanol–water partition coefficient (Wildman–Crippen LogP) is 7.19. The minimum absolute atomic E-state index is 0.0425. The first-order valence-electron chi connectivity index (χ1n) is 10.0. The van der Waals surface area contributed by atoms with Crippen LogP contribution in [-0.2, 0) is 9.53 Å². The maximum atomic E-state index is 11.3. The lowest BCUT2D eigenvalue weighted by molar-refractivity contribution is -0.143. The molecule has 0 aliphatic carbocycles. The molecule has 0 unspecified atom stereocenters. The molecule has 3 heteroatoms. The second-order valence-corrected chi connectivity index (χ2v) is 7.40. The zero-order valence-electron chi connectivity index (χ0n) is 15.4. The normalized spacial score (nSPS) is 10.9. The van der Waals surface area contributed by atoms with Gasteiger partial charge in [0.2, 0.25) is 0 Å². The van der Waals surface area contributed by atoms with E-state index < -0.39 is 0 Å². The minimum atomic E-state index is -0.0425. The number of carbonyl (C=O) groups is 1. The van der Waals surface area contributed by atoms with E-state index >= 15 is 0 Å². The number of hydrogen-bond donors (Lipinski definition) is 0. The Morgan fingerprint density at radius 2 is 1.09 bits per heavy atom. The average Bonchev–Trinajstić information content (AvgIpc) is 2.56. The van der Waals surface area contributed by atoms with Crippen molar-refractivity contribution in [1.82, 2.24) is 0 Å². The highest BCUT2D eigenvalue weighted by Gasteiger charge is 2.01. The first-order chi connectivity index (χ1) is 11.3. The Hall–Kier alpha value is -0.0500. The first kappa shape index (κ1) is 22.9. The number of halogens is 1.